The summed E-state index contributed by atoms with van der Waals surface area (Å²) in [7, 11) is 3.06. The quantitative estimate of drug-likeness (QED) is 0.583. The number of hydrogen-bond donors (Lipinski definition) is 1. The number of carbonyl (C=O) groups excluding carboxylic acids is 2. The number of ether oxygens (including phenoxy) is 2. The van der Waals surface area contributed by atoms with Gasteiger partial charge in [0.25, 0.3) is 5.91 Å². The molecule has 158 valence electrons. The summed E-state index contributed by atoms with van der Waals surface area (Å²) in [5.74, 6) is 0.0453. The standard InChI is InChI=1S/C22H24FN3O4/c1-29-18-11-17(12-19(13-18)30-2)22(28)26-9-7-15(8-10-26)21(27)25-24-14-16-5-3-4-6-20(16)23/h3-6,11-15H,7-10H2,1-2H3,(H,25,27)/b24-14-. The van der Waals surface area contributed by atoms with Crippen molar-refractivity contribution in [2.24, 2.45) is 11.0 Å². The van der Waals surface area contributed by atoms with E-state index in [2.05, 4.69) is 10.5 Å². The predicted octanol–water partition coefficient (Wildman–Crippen LogP) is 2.85. The van der Waals surface area contributed by atoms with Gasteiger partial charge in [0.15, 0.2) is 0 Å². The van der Waals surface area contributed by atoms with Gasteiger partial charge in [0.05, 0.1) is 20.4 Å². The Labute approximate surface area is 174 Å². The van der Waals surface area contributed by atoms with Crippen molar-refractivity contribution in [1.82, 2.24) is 10.3 Å². The zero-order chi connectivity index (χ0) is 21.5. The van der Waals surface area contributed by atoms with E-state index in [-0.39, 0.29) is 17.7 Å². The second kappa shape index (κ2) is 9.87. The van der Waals surface area contributed by atoms with Gasteiger partial charge >= 0.3 is 0 Å². The molecule has 3 rings (SSSR count). The fraction of sp³-hybridized carbons (Fsp3) is 0.318. The van der Waals surface area contributed by atoms with Crippen LogP contribution in [0, 0.1) is 11.7 Å². The van der Waals surface area contributed by atoms with Gasteiger partial charge in [0.2, 0.25) is 5.91 Å². The number of hydrazone groups is 1. The van der Waals surface area contributed by atoms with Crippen LogP contribution in [0.1, 0.15) is 28.8 Å². The first-order chi connectivity index (χ1) is 14.5. The Kier molecular flexibility index (Phi) is 7.00. The van der Waals surface area contributed by atoms with Crippen molar-refractivity contribution in [2.75, 3.05) is 27.3 Å². The molecular formula is C22H24FN3O4. The Morgan fingerprint density at radius 2 is 1.73 bits per heavy atom. The Bertz CT molecular complexity index is 917. The average molecular weight is 413 g/mol. The highest BCUT2D eigenvalue weighted by molar-refractivity contribution is 5.95. The number of piperidine rings is 1. The molecule has 1 fully saturated rings. The third kappa shape index (κ3) is 5.14. The number of nitrogens with one attached hydrogen (secondary N) is 1. The molecule has 30 heavy (non-hydrogen) atoms. The van der Waals surface area contributed by atoms with Gasteiger partial charge in [-0.05, 0) is 31.0 Å². The lowest BCUT2D eigenvalue weighted by molar-refractivity contribution is -0.126. The summed E-state index contributed by atoms with van der Waals surface area (Å²) in [6.45, 7) is 0.904. The largest absolute Gasteiger partial charge is 0.497 e. The summed E-state index contributed by atoms with van der Waals surface area (Å²) in [5.41, 5.74) is 3.23. The first kappa shape index (κ1) is 21.3. The first-order valence-electron chi connectivity index (χ1n) is 9.61. The van der Waals surface area contributed by atoms with Crippen molar-refractivity contribution in [3.63, 3.8) is 0 Å². The van der Waals surface area contributed by atoms with Crippen LogP contribution in [0.25, 0.3) is 0 Å². The van der Waals surface area contributed by atoms with Crippen molar-refractivity contribution < 1.29 is 23.5 Å². The number of benzene rings is 2. The molecule has 0 saturated carbocycles. The van der Waals surface area contributed by atoms with E-state index < -0.39 is 5.82 Å². The van der Waals surface area contributed by atoms with Crippen LogP contribution in [0.3, 0.4) is 0 Å². The van der Waals surface area contributed by atoms with E-state index in [1.807, 2.05) is 0 Å². The van der Waals surface area contributed by atoms with Crippen LogP contribution in [0.5, 0.6) is 11.5 Å². The molecule has 8 heteroatoms. The molecule has 0 aromatic heterocycles. The Balaban J connectivity index is 1.55. The van der Waals surface area contributed by atoms with Gasteiger partial charge in [-0.1, -0.05) is 18.2 Å². The maximum Gasteiger partial charge on any atom is 0.254 e. The Morgan fingerprint density at radius 1 is 1.10 bits per heavy atom. The van der Waals surface area contributed by atoms with Crippen molar-refractivity contribution in [3.05, 3.63) is 59.4 Å². The third-order valence-electron chi connectivity index (χ3n) is 5.03. The lowest BCUT2D eigenvalue weighted by Gasteiger charge is -2.31. The monoisotopic (exact) mass is 413 g/mol. The number of methoxy groups -OCH3 is 2. The molecule has 1 heterocycles. The highest BCUT2D eigenvalue weighted by Crippen LogP contribution is 2.25. The van der Waals surface area contributed by atoms with Gasteiger partial charge in [-0.3, -0.25) is 9.59 Å². The lowest BCUT2D eigenvalue weighted by atomic mass is 9.95. The summed E-state index contributed by atoms with van der Waals surface area (Å²) in [6, 6.07) is 11.2. The molecule has 0 bridgehead atoms. The van der Waals surface area contributed by atoms with Crippen LogP contribution in [-0.2, 0) is 4.79 Å². The fourth-order valence-corrected chi connectivity index (χ4v) is 3.29. The Morgan fingerprint density at radius 3 is 2.33 bits per heavy atom. The van der Waals surface area contributed by atoms with E-state index in [0.717, 1.165) is 0 Å². The smallest absolute Gasteiger partial charge is 0.254 e. The molecule has 0 atom stereocenters. The van der Waals surface area contributed by atoms with E-state index in [0.29, 0.717) is 48.6 Å². The molecule has 1 aliphatic rings. The van der Waals surface area contributed by atoms with Crippen molar-refractivity contribution in [1.29, 1.82) is 0 Å². The Hall–Kier alpha value is -3.42. The molecule has 7 nitrogen and oxygen atoms in total. The molecule has 1 saturated heterocycles. The van der Waals surface area contributed by atoms with Gasteiger partial charge in [-0.2, -0.15) is 5.10 Å². The minimum Gasteiger partial charge on any atom is -0.497 e. The molecule has 0 unspecified atom stereocenters. The summed E-state index contributed by atoms with van der Waals surface area (Å²) >= 11 is 0. The molecule has 2 amide bonds. The average Bonchev–Trinajstić information content (AvgIpc) is 2.79. The maximum atomic E-state index is 13.6. The highest BCUT2D eigenvalue weighted by Gasteiger charge is 2.28. The second-order valence-corrected chi connectivity index (χ2v) is 6.92. The number of carbonyl (C=O) groups is 2. The number of nitrogens with zero attached hydrogens (tertiary/aromatic N) is 2. The SMILES string of the molecule is COc1cc(OC)cc(C(=O)N2CCC(C(=O)N/N=C\c3ccccc3F)CC2)c1. The maximum absolute atomic E-state index is 13.6. The van der Waals surface area contributed by atoms with Gasteiger partial charge in [0, 0.05) is 36.2 Å². The first-order valence-corrected chi connectivity index (χ1v) is 9.61. The van der Waals surface area contributed by atoms with E-state index in [4.69, 9.17) is 9.47 Å². The van der Waals surface area contributed by atoms with Crippen LogP contribution in [0.2, 0.25) is 0 Å². The van der Waals surface area contributed by atoms with Crippen LogP contribution >= 0.6 is 0 Å². The molecule has 2 aromatic carbocycles. The number of halogens is 1. The molecule has 0 radical (unpaired) electrons. The van der Waals surface area contributed by atoms with Gasteiger partial charge in [-0.15, -0.1) is 0 Å². The zero-order valence-electron chi connectivity index (χ0n) is 16.9. The fourth-order valence-electron chi connectivity index (χ4n) is 3.29. The lowest BCUT2D eigenvalue weighted by Crippen LogP contribution is -2.42. The van der Waals surface area contributed by atoms with E-state index >= 15 is 0 Å². The van der Waals surface area contributed by atoms with Crippen LogP contribution in [0.4, 0.5) is 4.39 Å². The summed E-state index contributed by atoms with van der Waals surface area (Å²) < 4.78 is 24.0. The minimum absolute atomic E-state index is 0.136. The van der Waals surface area contributed by atoms with Crippen molar-refractivity contribution in [2.45, 2.75) is 12.8 Å². The van der Waals surface area contributed by atoms with Gasteiger partial charge in [0.1, 0.15) is 17.3 Å². The van der Waals surface area contributed by atoms with Crippen molar-refractivity contribution >= 4 is 18.0 Å². The molecule has 0 aliphatic carbocycles. The number of hydrogen-bond acceptors (Lipinski definition) is 5. The second-order valence-electron chi connectivity index (χ2n) is 6.92. The molecule has 0 spiro atoms. The molecule has 2 aromatic rings. The van der Waals surface area contributed by atoms with Crippen molar-refractivity contribution in [3.8, 4) is 11.5 Å². The normalized spacial score (nSPS) is 14.6. The van der Waals surface area contributed by atoms with Crippen LogP contribution < -0.4 is 14.9 Å². The summed E-state index contributed by atoms with van der Waals surface area (Å²) in [4.78, 5) is 26.9. The summed E-state index contributed by atoms with van der Waals surface area (Å²) in [6.07, 6.45) is 2.32. The third-order valence-corrected chi connectivity index (χ3v) is 5.03. The van der Waals surface area contributed by atoms with E-state index in [9.17, 15) is 14.0 Å². The molecule has 1 N–H and O–H groups in total. The number of likely N-dealkylation sites (tertiary alicyclic amines) is 1. The van der Waals surface area contributed by atoms with Gasteiger partial charge < -0.3 is 14.4 Å². The van der Waals surface area contributed by atoms with E-state index in [1.165, 1.54) is 26.5 Å². The van der Waals surface area contributed by atoms with Crippen LogP contribution in [0.15, 0.2) is 47.6 Å². The van der Waals surface area contributed by atoms with Gasteiger partial charge in [-0.25, -0.2) is 9.82 Å². The van der Waals surface area contributed by atoms with Crippen LogP contribution in [-0.4, -0.2) is 50.2 Å². The zero-order valence-corrected chi connectivity index (χ0v) is 16.9. The highest BCUT2D eigenvalue weighted by atomic mass is 19.1. The predicted molar refractivity (Wildman–Crippen MR) is 110 cm³/mol. The number of amides is 2. The summed E-state index contributed by atoms with van der Waals surface area (Å²) in [5, 5.41) is 3.84. The topological polar surface area (TPSA) is 80.2 Å². The number of rotatable bonds is 6. The van der Waals surface area contributed by atoms with E-state index in [1.54, 1.807) is 41.3 Å². The minimum atomic E-state index is -0.406. The molecule has 1 aliphatic heterocycles. The molecular weight excluding hydrogens is 389 g/mol.